The quantitative estimate of drug-likeness (QED) is 0.522. The van der Waals surface area contributed by atoms with Crippen LogP contribution in [0.1, 0.15) is 49.5 Å². The van der Waals surface area contributed by atoms with E-state index in [9.17, 15) is 5.11 Å². The number of aliphatic hydroxyl groups excluding tert-OH is 1. The summed E-state index contributed by atoms with van der Waals surface area (Å²) in [5.74, 6) is 0. The summed E-state index contributed by atoms with van der Waals surface area (Å²) in [6, 6.07) is 18.5. The average Bonchev–Trinajstić information content (AvgIpc) is 3.20. The Bertz CT molecular complexity index is 726. The zero-order valence-corrected chi connectivity index (χ0v) is 15.2. The van der Waals surface area contributed by atoms with Gasteiger partial charge in [0.15, 0.2) is 0 Å². The number of aliphatic hydroxyl groups is 1. The van der Waals surface area contributed by atoms with E-state index < -0.39 is 6.10 Å². The number of hydrogen-bond donors (Lipinski definition) is 1. The maximum Gasteiger partial charge on any atom is 0.103 e. The van der Waals surface area contributed by atoms with Crippen LogP contribution in [0.5, 0.6) is 0 Å². The second-order valence-corrected chi connectivity index (χ2v) is 7.22. The molecule has 0 saturated carbocycles. The molecule has 1 atom stereocenters. The van der Waals surface area contributed by atoms with Crippen LogP contribution in [0.15, 0.2) is 60.0 Å². The van der Waals surface area contributed by atoms with Crippen LogP contribution in [0.4, 0.5) is 0 Å². The van der Waals surface area contributed by atoms with Gasteiger partial charge in [-0.05, 0) is 48.4 Å². The first-order valence-corrected chi connectivity index (χ1v) is 9.80. The fourth-order valence-electron chi connectivity index (χ4n) is 2.89. The SMILES string of the molecule is OC(CCCCCCc1ccccc1)c1ccc(-c2cccs2)nn1. The highest BCUT2D eigenvalue weighted by Crippen LogP contribution is 2.24. The number of thiophene rings is 1. The third-order valence-electron chi connectivity index (χ3n) is 4.34. The Hall–Kier alpha value is -2.04. The Kier molecular flexibility index (Phi) is 6.71. The van der Waals surface area contributed by atoms with Gasteiger partial charge in [-0.15, -0.1) is 16.4 Å². The average molecular weight is 353 g/mol. The van der Waals surface area contributed by atoms with Crippen molar-refractivity contribution in [1.29, 1.82) is 0 Å². The van der Waals surface area contributed by atoms with Gasteiger partial charge in [0.05, 0.1) is 16.7 Å². The lowest BCUT2D eigenvalue weighted by atomic mass is 10.0. The molecule has 0 aliphatic rings. The first kappa shape index (κ1) is 17.8. The molecule has 0 radical (unpaired) electrons. The molecule has 1 aromatic carbocycles. The van der Waals surface area contributed by atoms with Crippen LogP contribution in [-0.2, 0) is 6.42 Å². The van der Waals surface area contributed by atoms with Crippen molar-refractivity contribution in [2.75, 3.05) is 0 Å². The first-order chi connectivity index (χ1) is 12.3. The van der Waals surface area contributed by atoms with E-state index in [0.29, 0.717) is 5.69 Å². The van der Waals surface area contributed by atoms with E-state index >= 15 is 0 Å². The van der Waals surface area contributed by atoms with Crippen LogP contribution in [-0.4, -0.2) is 15.3 Å². The molecule has 1 unspecified atom stereocenters. The van der Waals surface area contributed by atoms with Crippen LogP contribution in [0, 0.1) is 0 Å². The van der Waals surface area contributed by atoms with Gasteiger partial charge in [-0.1, -0.05) is 55.7 Å². The standard InChI is InChI=1S/C21H24N2OS/c24-20(12-7-2-1-4-9-17-10-5-3-6-11-17)18-14-15-19(23-22-18)21-13-8-16-25-21/h3,5-6,8,10-11,13-16,20,24H,1-2,4,7,9,12H2. The molecule has 0 aliphatic heterocycles. The van der Waals surface area contributed by atoms with Crippen molar-refractivity contribution in [2.24, 2.45) is 0 Å². The Morgan fingerprint density at radius 2 is 1.68 bits per heavy atom. The highest BCUT2D eigenvalue weighted by Gasteiger charge is 2.10. The van der Waals surface area contributed by atoms with Crippen LogP contribution >= 0.6 is 11.3 Å². The predicted octanol–water partition coefficient (Wildman–Crippen LogP) is 5.43. The molecule has 0 fully saturated rings. The van der Waals surface area contributed by atoms with Gasteiger partial charge < -0.3 is 5.11 Å². The highest BCUT2D eigenvalue weighted by atomic mass is 32.1. The Labute approximate surface area is 153 Å². The number of aryl methyl sites for hydroxylation is 1. The number of nitrogens with zero attached hydrogens (tertiary/aromatic N) is 2. The van der Waals surface area contributed by atoms with E-state index in [2.05, 4.69) is 40.5 Å². The van der Waals surface area contributed by atoms with Crippen molar-refractivity contribution in [3.63, 3.8) is 0 Å². The summed E-state index contributed by atoms with van der Waals surface area (Å²) >= 11 is 1.65. The van der Waals surface area contributed by atoms with Crippen molar-refractivity contribution in [3.8, 4) is 10.6 Å². The Morgan fingerprint density at radius 1 is 0.840 bits per heavy atom. The van der Waals surface area contributed by atoms with Gasteiger partial charge in [-0.2, -0.15) is 5.10 Å². The third-order valence-corrected chi connectivity index (χ3v) is 5.23. The van der Waals surface area contributed by atoms with E-state index in [1.807, 2.05) is 29.6 Å². The van der Waals surface area contributed by atoms with Gasteiger partial charge in [0.25, 0.3) is 0 Å². The van der Waals surface area contributed by atoms with E-state index in [-0.39, 0.29) is 0 Å². The largest absolute Gasteiger partial charge is 0.387 e. The summed E-state index contributed by atoms with van der Waals surface area (Å²) in [6.07, 6.45) is 5.94. The molecule has 4 heteroatoms. The molecule has 1 N–H and O–H groups in total. The fourth-order valence-corrected chi connectivity index (χ4v) is 3.58. The van der Waals surface area contributed by atoms with Gasteiger partial charge in [-0.25, -0.2) is 0 Å². The monoisotopic (exact) mass is 352 g/mol. The summed E-state index contributed by atoms with van der Waals surface area (Å²) in [7, 11) is 0. The molecule has 130 valence electrons. The summed E-state index contributed by atoms with van der Waals surface area (Å²) in [4.78, 5) is 1.10. The topological polar surface area (TPSA) is 46.0 Å². The summed E-state index contributed by atoms with van der Waals surface area (Å²) in [5, 5.41) is 20.7. The van der Waals surface area contributed by atoms with Crippen LogP contribution in [0.25, 0.3) is 10.6 Å². The lowest BCUT2D eigenvalue weighted by Gasteiger charge is -2.09. The van der Waals surface area contributed by atoms with Gasteiger partial charge >= 0.3 is 0 Å². The number of aromatic nitrogens is 2. The number of hydrogen-bond acceptors (Lipinski definition) is 4. The minimum atomic E-state index is -0.515. The third kappa shape index (κ3) is 5.48. The van der Waals surface area contributed by atoms with Gasteiger partial charge in [0.2, 0.25) is 0 Å². The van der Waals surface area contributed by atoms with Crippen LogP contribution in [0.3, 0.4) is 0 Å². The lowest BCUT2D eigenvalue weighted by molar-refractivity contribution is 0.157. The van der Waals surface area contributed by atoms with Crippen molar-refractivity contribution < 1.29 is 5.11 Å². The zero-order chi connectivity index (χ0) is 17.3. The van der Waals surface area contributed by atoms with E-state index in [0.717, 1.165) is 36.3 Å². The normalized spacial score (nSPS) is 12.2. The second-order valence-electron chi connectivity index (χ2n) is 6.28. The molecule has 25 heavy (non-hydrogen) atoms. The van der Waals surface area contributed by atoms with Crippen molar-refractivity contribution in [3.05, 3.63) is 71.2 Å². The molecule has 3 aromatic rings. The maximum atomic E-state index is 10.3. The fraction of sp³-hybridized carbons (Fsp3) is 0.333. The molecule has 0 bridgehead atoms. The molecule has 0 spiro atoms. The second kappa shape index (κ2) is 9.44. The zero-order valence-electron chi connectivity index (χ0n) is 14.3. The Balaban J connectivity index is 1.35. The van der Waals surface area contributed by atoms with Gasteiger partial charge in [0, 0.05) is 0 Å². The van der Waals surface area contributed by atoms with Crippen molar-refractivity contribution in [2.45, 2.75) is 44.6 Å². The molecule has 0 amide bonds. The Morgan fingerprint density at radius 3 is 2.40 bits per heavy atom. The number of benzene rings is 1. The molecular formula is C21H24N2OS. The van der Waals surface area contributed by atoms with E-state index in [4.69, 9.17) is 0 Å². The van der Waals surface area contributed by atoms with Gasteiger partial charge in [-0.3, -0.25) is 0 Å². The molecule has 3 rings (SSSR count). The molecule has 0 saturated heterocycles. The molecular weight excluding hydrogens is 328 g/mol. The van der Waals surface area contributed by atoms with E-state index in [1.165, 1.54) is 18.4 Å². The maximum absolute atomic E-state index is 10.3. The minimum absolute atomic E-state index is 0.515. The van der Waals surface area contributed by atoms with Crippen molar-refractivity contribution in [1.82, 2.24) is 10.2 Å². The summed E-state index contributed by atoms with van der Waals surface area (Å²) in [6.45, 7) is 0. The van der Waals surface area contributed by atoms with Crippen LogP contribution < -0.4 is 0 Å². The smallest absolute Gasteiger partial charge is 0.103 e. The van der Waals surface area contributed by atoms with Crippen LogP contribution in [0.2, 0.25) is 0 Å². The minimum Gasteiger partial charge on any atom is -0.387 e. The van der Waals surface area contributed by atoms with Gasteiger partial charge in [0.1, 0.15) is 5.69 Å². The van der Waals surface area contributed by atoms with E-state index in [1.54, 1.807) is 11.3 Å². The number of unbranched alkanes of at least 4 members (excludes halogenated alkanes) is 3. The molecule has 0 aliphatic carbocycles. The number of rotatable bonds is 9. The predicted molar refractivity (Wildman–Crippen MR) is 104 cm³/mol. The highest BCUT2D eigenvalue weighted by molar-refractivity contribution is 7.13. The lowest BCUT2D eigenvalue weighted by Crippen LogP contribution is -2.02. The molecule has 3 nitrogen and oxygen atoms in total. The molecule has 2 heterocycles. The summed E-state index contributed by atoms with van der Waals surface area (Å²) < 4.78 is 0. The summed E-state index contributed by atoms with van der Waals surface area (Å²) in [5.41, 5.74) is 2.94. The molecule has 2 aromatic heterocycles. The van der Waals surface area contributed by atoms with Crippen molar-refractivity contribution >= 4 is 11.3 Å². The first-order valence-electron chi connectivity index (χ1n) is 8.92.